The zero-order chi connectivity index (χ0) is 19.1. The fraction of sp³-hybridized carbons (Fsp3) is 0.143. The SMILES string of the molecule is O=C(NCCCc1ccccc1)c1cncc(Nc2ccc(F)c(F)c2)c1. The van der Waals surface area contributed by atoms with Crippen LogP contribution in [0.4, 0.5) is 20.2 Å². The summed E-state index contributed by atoms with van der Waals surface area (Å²) >= 11 is 0. The number of halogens is 2. The Labute approximate surface area is 156 Å². The van der Waals surface area contributed by atoms with Gasteiger partial charge in [-0.25, -0.2) is 8.78 Å². The lowest BCUT2D eigenvalue weighted by Crippen LogP contribution is -2.25. The van der Waals surface area contributed by atoms with Crippen LogP contribution in [0.5, 0.6) is 0 Å². The van der Waals surface area contributed by atoms with Crippen LogP contribution in [0.15, 0.2) is 67.0 Å². The van der Waals surface area contributed by atoms with E-state index in [0.29, 0.717) is 23.5 Å². The van der Waals surface area contributed by atoms with Gasteiger partial charge in [-0.3, -0.25) is 9.78 Å². The van der Waals surface area contributed by atoms with Gasteiger partial charge in [-0.2, -0.15) is 0 Å². The van der Waals surface area contributed by atoms with E-state index in [1.807, 2.05) is 18.2 Å². The maximum absolute atomic E-state index is 13.3. The Hall–Kier alpha value is -3.28. The molecule has 6 heteroatoms. The summed E-state index contributed by atoms with van der Waals surface area (Å²) in [7, 11) is 0. The number of hydrogen-bond donors (Lipinski definition) is 2. The van der Waals surface area contributed by atoms with Gasteiger partial charge in [0.2, 0.25) is 0 Å². The third-order valence-corrected chi connectivity index (χ3v) is 3.98. The van der Waals surface area contributed by atoms with Crippen LogP contribution in [0.25, 0.3) is 0 Å². The summed E-state index contributed by atoms with van der Waals surface area (Å²) in [5.74, 6) is -2.09. The maximum Gasteiger partial charge on any atom is 0.252 e. The lowest BCUT2D eigenvalue weighted by molar-refractivity contribution is 0.0953. The fourth-order valence-corrected chi connectivity index (χ4v) is 2.61. The topological polar surface area (TPSA) is 54.0 Å². The summed E-state index contributed by atoms with van der Waals surface area (Å²) < 4.78 is 26.3. The van der Waals surface area contributed by atoms with Gasteiger partial charge in [0.05, 0.1) is 17.4 Å². The van der Waals surface area contributed by atoms with E-state index in [1.165, 1.54) is 24.0 Å². The molecule has 0 aliphatic heterocycles. The van der Waals surface area contributed by atoms with Crippen LogP contribution in [0.3, 0.4) is 0 Å². The summed E-state index contributed by atoms with van der Waals surface area (Å²) in [6.07, 6.45) is 4.68. The number of pyridine rings is 1. The number of amides is 1. The highest BCUT2D eigenvalue weighted by atomic mass is 19.2. The van der Waals surface area contributed by atoms with Crippen molar-refractivity contribution < 1.29 is 13.6 Å². The summed E-state index contributed by atoms with van der Waals surface area (Å²) in [6, 6.07) is 15.2. The molecule has 0 saturated carbocycles. The first-order valence-corrected chi connectivity index (χ1v) is 8.61. The van der Waals surface area contributed by atoms with Crippen molar-refractivity contribution >= 4 is 17.3 Å². The first-order chi connectivity index (χ1) is 13.1. The van der Waals surface area contributed by atoms with Gasteiger partial charge in [-0.05, 0) is 36.6 Å². The average molecular weight is 367 g/mol. The van der Waals surface area contributed by atoms with Crippen LogP contribution in [-0.2, 0) is 6.42 Å². The Bertz CT molecular complexity index is 916. The molecule has 0 unspecified atom stereocenters. The normalized spacial score (nSPS) is 10.4. The van der Waals surface area contributed by atoms with Gasteiger partial charge >= 0.3 is 0 Å². The molecule has 1 heterocycles. The highest BCUT2D eigenvalue weighted by Crippen LogP contribution is 2.19. The molecular weight excluding hydrogens is 348 g/mol. The Kier molecular flexibility index (Phi) is 6.10. The molecule has 0 radical (unpaired) electrons. The van der Waals surface area contributed by atoms with Crippen LogP contribution >= 0.6 is 0 Å². The molecule has 0 aliphatic carbocycles. The summed E-state index contributed by atoms with van der Waals surface area (Å²) in [4.78, 5) is 16.3. The highest BCUT2D eigenvalue weighted by molar-refractivity contribution is 5.94. The van der Waals surface area contributed by atoms with Crippen molar-refractivity contribution in [2.24, 2.45) is 0 Å². The Morgan fingerprint density at radius 1 is 0.926 bits per heavy atom. The van der Waals surface area contributed by atoms with Crippen molar-refractivity contribution in [3.05, 3.63) is 89.8 Å². The number of nitrogens with one attached hydrogen (secondary N) is 2. The largest absolute Gasteiger partial charge is 0.354 e. The van der Waals surface area contributed by atoms with Gasteiger partial charge in [0, 0.05) is 24.5 Å². The number of anilines is 2. The molecule has 1 amide bonds. The molecule has 27 heavy (non-hydrogen) atoms. The van der Waals surface area contributed by atoms with Crippen LogP contribution in [0.1, 0.15) is 22.3 Å². The quantitative estimate of drug-likeness (QED) is 0.606. The number of carbonyl (C=O) groups excluding carboxylic acids is 1. The molecule has 1 aromatic heterocycles. The third kappa shape index (κ3) is 5.34. The number of aromatic nitrogens is 1. The molecule has 3 rings (SSSR count). The zero-order valence-corrected chi connectivity index (χ0v) is 14.6. The van der Waals surface area contributed by atoms with E-state index in [9.17, 15) is 13.6 Å². The van der Waals surface area contributed by atoms with E-state index in [1.54, 1.807) is 6.07 Å². The van der Waals surface area contributed by atoms with Crippen LogP contribution in [-0.4, -0.2) is 17.4 Å². The van der Waals surface area contributed by atoms with Gasteiger partial charge in [-0.15, -0.1) is 0 Å². The molecule has 0 saturated heterocycles. The van der Waals surface area contributed by atoms with Gasteiger partial charge < -0.3 is 10.6 Å². The number of benzene rings is 2. The predicted octanol–water partition coefficient (Wildman–Crippen LogP) is 4.47. The first-order valence-electron chi connectivity index (χ1n) is 8.61. The van der Waals surface area contributed by atoms with E-state index in [0.717, 1.165) is 25.0 Å². The van der Waals surface area contributed by atoms with E-state index in [2.05, 4.69) is 27.8 Å². The number of aryl methyl sites for hydroxylation is 1. The number of nitrogens with zero attached hydrogens (tertiary/aromatic N) is 1. The van der Waals surface area contributed by atoms with Crippen LogP contribution in [0.2, 0.25) is 0 Å². The van der Waals surface area contributed by atoms with Crippen LogP contribution in [0, 0.1) is 11.6 Å². The molecular formula is C21H19F2N3O. The average Bonchev–Trinajstić information content (AvgIpc) is 2.69. The minimum Gasteiger partial charge on any atom is -0.354 e. The lowest BCUT2D eigenvalue weighted by Gasteiger charge is -2.09. The lowest BCUT2D eigenvalue weighted by atomic mass is 10.1. The second kappa shape index (κ2) is 8.89. The molecule has 138 valence electrons. The predicted molar refractivity (Wildman–Crippen MR) is 101 cm³/mol. The van der Waals surface area contributed by atoms with Gasteiger partial charge in [0.15, 0.2) is 11.6 Å². The number of hydrogen-bond acceptors (Lipinski definition) is 3. The minimum absolute atomic E-state index is 0.232. The molecule has 2 N–H and O–H groups in total. The van der Waals surface area contributed by atoms with Crippen molar-refractivity contribution in [2.45, 2.75) is 12.8 Å². The van der Waals surface area contributed by atoms with Crippen molar-refractivity contribution in [2.75, 3.05) is 11.9 Å². The van der Waals surface area contributed by atoms with Crippen LogP contribution < -0.4 is 10.6 Å². The van der Waals surface area contributed by atoms with Crippen molar-refractivity contribution in [3.63, 3.8) is 0 Å². The first kappa shape index (κ1) is 18.5. The molecule has 4 nitrogen and oxygen atoms in total. The molecule has 3 aromatic rings. The number of carbonyl (C=O) groups is 1. The summed E-state index contributed by atoms with van der Waals surface area (Å²) in [5, 5.41) is 5.77. The van der Waals surface area contributed by atoms with E-state index >= 15 is 0 Å². The fourth-order valence-electron chi connectivity index (χ4n) is 2.61. The Morgan fingerprint density at radius 3 is 2.52 bits per heavy atom. The Balaban J connectivity index is 1.54. The third-order valence-electron chi connectivity index (χ3n) is 3.98. The number of rotatable bonds is 7. The standard InChI is InChI=1S/C21H19F2N3O/c22-19-9-8-17(12-20(19)23)26-18-11-16(13-24-14-18)21(27)25-10-4-7-15-5-2-1-3-6-15/h1-3,5-6,8-9,11-14,26H,4,7,10H2,(H,25,27). The molecule has 0 bridgehead atoms. The van der Waals surface area contributed by atoms with Gasteiger partial charge in [0.1, 0.15) is 0 Å². The smallest absolute Gasteiger partial charge is 0.252 e. The Morgan fingerprint density at radius 2 is 1.74 bits per heavy atom. The molecule has 0 fully saturated rings. The van der Waals surface area contributed by atoms with Gasteiger partial charge in [-0.1, -0.05) is 30.3 Å². The second-order valence-electron chi connectivity index (χ2n) is 6.06. The van der Waals surface area contributed by atoms with Crippen molar-refractivity contribution in [3.8, 4) is 0 Å². The summed E-state index contributed by atoms with van der Waals surface area (Å²) in [6.45, 7) is 0.550. The zero-order valence-electron chi connectivity index (χ0n) is 14.6. The van der Waals surface area contributed by atoms with Crippen molar-refractivity contribution in [1.29, 1.82) is 0 Å². The minimum atomic E-state index is -0.944. The molecule has 0 spiro atoms. The van der Waals surface area contributed by atoms with Crippen molar-refractivity contribution in [1.82, 2.24) is 10.3 Å². The maximum atomic E-state index is 13.3. The monoisotopic (exact) mass is 367 g/mol. The molecule has 0 aliphatic rings. The highest BCUT2D eigenvalue weighted by Gasteiger charge is 2.08. The van der Waals surface area contributed by atoms with E-state index in [4.69, 9.17) is 0 Å². The molecule has 2 aromatic carbocycles. The van der Waals surface area contributed by atoms with E-state index in [-0.39, 0.29) is 5.91 Å². The second-order valence-corrected chi connectivity index (χ2v) is 6.06. The van der Waals surface area contributed by atoms with Gasteiger partial charge in [0.25, 0.3) is 5.91 Å². The van der Waals surface area contributed by atoms with E-state index < -0.39 is 11.6 Å². The summed E-state index contributed by atoms with van der Waals surface area (Å²) in [5.41, 5.74) is 2.50. The molecule has 0 atom stereocenters.